The lowest BCUT2D eigenvalue weighted by molar-refractivity contribution is 0.0971. The summed E-state index contributed by atoms with van der Waals surface area (Å²) in [5, 5.41) is 0.866. The number of para-hydroxylation sites is 1. The van der Waals surface area contributed by atoms with Crippen LogP contribution in [-0.4, -0.2) is 10.5 Å². The van der Waals surface area contributed by atoms with Crippen molar-refractivity contribution < 1.29 is 4.79 Å². The van der Waals surface area contributed by atoms with Gasteiger partial charge in [0.2, 0.25) is 0 Å². The van der Waals surface area contributed by atoms with E-state index in [1.54, 1.807) is 12.1 Å². The van der Waals surface area contributed by atoms with Crippen LogP contribution in [0, 0.1) is 0 Å². The van der Waals surface area contributed by atoms with Gasteiger partial charge >= 0.3 is 0 Å². The van der Waals surface area contributed by atoms with E-state index in [1.807, 2.05) is 78.9 Å². The number of hydrogen-bond donors (Lipinski definition) is 0. The molecule has 4 rings (SSSR count). The SMILES string of the molecule is O=C(C=Cc1ccccc1)n1c(=O)cc(-c2ccccc2)c2ccccc21. The average Bonchev–Trinajstić information content (AvgIpc) is 2.73. The summed E-state index contributed by atoms with van der Waals surface area (Å²) in [6, 6.07) is 28.3. The smallest absolute Gasteiger partial charge is 0.258 e. The van der Waals surface area contributed by atoms with Crippen molar-refractivity contribution in [3.05, 3.63) is 113 Å². The predicted molar refractivity (Wildman–Crippen MR) is 110 cm³/mol. The van der Waals surface area contributed by atoms with Crippen LogP contribution in [-0.2, 0) is 0 Å². The van der Waals surface area contributed by atoms with Gasteiger partial charge in [-0.15, -0.1) is 0 Å². The molecule has 0 spiro atoms. The number of carbonyl (C=O) groups is 1. The van der Waals surface area contributed by atoms with E-state index < -0.39 is 0 Å². The maximum atomic E-state index is 12.8. The summed E-state index contributed by atoms with van der Waals surface area (Å²) in [5.41, 5.74) is 2.95. The summed E-state index contributed by atoms with van der Waals surface area (Å²) < 4.78 is 1.22. The van der Waals surface area contributed by atoms with Crippen molar-refractivity contribution in [3.8, 4) is 11.1 Å². The molecule has 4 aromatic rings. The van der Waals surface area contributed by atoms with Gasteiger partial charge in [0, 0.05) is 17.5 Å². The number of nitrogens with zero attached hydrogens (tertiary/aromatic N) is 1. The van der Waals surface area contributed by atoms with Crippen molar-refractivity contribution in [2.24, 2.45) is 0 Å². The highest BCUT2D eigenvalue weighted by Gasteiger charge is 2.13. The highest BCUT2D eigenvalue weighted by Crippen LogP contribution is 2.26. The van der Waals surface area contributed by atoms with Gasteiger partial charge in [-0.3, -0.25) is 9.59 Å². The Labute approximate surface area is 156 Å². The van der Waals surface area contributed by atoms with Gasteiger partial charge in [0.25, 0.3) is 11.5 Å². The van der Waals surface area contributed by atoms with E-state index in [0.717, 1.165) is 22.1 Å². The zero-order valence-electron chi connectivity index (χ0n) is 14.6. The average molecular weight is 351 g/mol. The summed E-state index contributed by atoms with van der Waals surface area (Å²) >= 11 is 0. The van der Waals surface area contributed by atoms with Gasteiger partial charge in [-0.05, 0) is 28.8 Å². The molecule has 1 heterocycles. The molecule has 0 unspecified atom stereocenters. The Hall–Kier alpha value is -3.72. The number of hydrogen-bond acceptors (Lipinski definition) is 2. The first-order chi connectivity index (χ1) is 13.2. The molecule has 0 aliphatic carbocycles. The van der Waals surface area contributed by atoms with Gasteiger partial charge in [-0.25, -0.2) is 4.57 Å². The zero-order chi connectivity index (χ0) is 18.6. The molecule has 0 saturated heterocycles. The minimum atomic E-state index is -0.361. The first-order valence-electron chi connectivity index (χ1n) is 8.72. The molecule has 0 amide bonds. The number of carbonyl (C=O) groups excluding carboxylic acids is 1. The molecule has 0 N–H and O–H groups in total. The summed E-state index contributed by atoms with van der Waals surface area (Å²) in [4.78, 5) is 25.6. The largest absolute Gasteiger partial charge is 0.269 e. The fourth-order valence-electron chi connectivity index (χ4n) is 3.17. The molecule has 0 fully saturated rings. The predicted octanol–water partition coefficient (Wildman–Crippen LogP) is 5.02. The van der Waals surface area contributed by atoms with Gasteiger partial charge in [0.1, 0.15) is 0 Å². The van der Waals surface area contributed by atoms with Gasteiger partial charge in [-0.1, -0.05) is 78.9 Å². The van der Waals surface area contributed by atoms with E-state index in [2.05, 4.69) is 0 Å². The van der Waals surface area contributed by atoms with E-state index in [0.29, 0.717) is 5.52 Å². The van der Waals surface area contributed by atoms with E-state index in [4.69, 9.17) is 0 Å². The van der Waals surface area contributed by atoms with Crippen LogP contribution in [0.5, 0.6) is 0 Å². The number of fused-ring (bicyclic) bond motifs is 1. The minimum absolute atomic E-state index is 0.338. The normalized spacial score (nSPS) is 11.1. The van der Waals surface area contributed by atoms with Crippen molar-refractivity contribution in [3.63, 3.8) is 0 Å². The van der Waals surface area contributed by atoms with Crippen LogP contribution in [0.25, 0.3) is 28.1 Å². The molecular weight excluding hydrogens is 334 g/mol. The molecule has 0 saturated carbocycles. The van der Waals surface area contributed by atoms with Crippen LogP contribution >= 0.6 is 0 Å². The van der Waals surface area contributed by atoms with E-state index >= 15 is 0 Å². The molecular formula is C24H17NO2. The van der Waals surface area contributed by atoms with Gasteiger partial charge in [0.15, 0.2) is 0 Å². The van der Waals surface area contributed by atoms with Crippen molar-refractivity contribution in [2.45, 2.75) is 0 Å². The minimum Gasteiger partial charge on any atom is -0.269 e. The molecule has 3 nitrogen and oxygen atoms in total. The highest BCUT2D eigenvalue weighted by atomic mass is 16.2. The number of aromatic nitrogens is 1. The fourth-order valence-corrected chi connectivity index (χ4v) is 3.17. The third-order valence-corrected chi connectivity index (χ3v) is 4.45. The Bertz CT molecular complexity index is 1190. The molecule has 3 heteroatoms. The van der Waals surface area contributed by atoms with E-state index in [9.17, 15) is 9.59 Å². The highest BCUT2D eigenvalue weighted by molar-refractivity contribution is 6.03. The quantitative estimate of drug-likeness (QED) is 0.486. The lowest BCUT2D eigenvalue weighted by Crippen LogP contribution is -2.25. The first-order valence-corrected chi connectivity index (χ1v) is 8.72. The summed E-state index contributed by atoms with van der Waals surface area (Å²) in [5.74, 6) is -0.361. The molecule has 3 aromatic carbocycles. The lowest BCUT2D eigenvalue weighted by atomic mass is 10.0. The summed E-state index contributed by atoms with van der Waals surface area (Å²) in [6.07, 6.45) is 3.15. The Balaban J connectivity index is 1.85. The van der Waals surface area contributed by atoms with Crippen LogP contribution in [0.4, 0.5) is 0 Å². The van der Waals surface area contributed by atoms with Crippen molar-refractivity contribution in [1.82, 2.24) is 4.57 Å². The van der Waals surface area contributed by atoms with Crippen molar-refractivity contribution in [1.29, 1.82) is 0 Å². The monoisotopic (exact) mass is 351 g/mol. The molecule has 0 radical (unpaired) electrons. The van der Waals surface area contributed by atoms with Crippen molar-refractivity contribution in [2.75, 3.05) is 0 Å². The van der Waals surface area contributed by atoms with Gasteiger partial charge < -0.3 is 0 Å². The van der Waals surface area contributed by atoms with E-state index in [-0.39, 0.29) is 11.5 Å². The maximum Gasteiger partial charge on any atom is 0.258 e. The van der Waals surface area contributed by atoms with Crippen molar-refractivity contribution >= 4 is 22.9 Å². The molecule has 0 bridgehead atoms. The third kappa shape index (κ3) is 3.35. The molecule has 0 atom stereocenters. The third-order valence-electron chi connectivity index (χ3n) is 4.45. The second-order valence-corrected chi connectivity index (χ2v) is 6.20. The Morgan fingerprint density at radius 1 is 0.778 bits per heavy atom. The summed E-state index contributed by atoms with van der Waals surface area (Å²) in [7, 11) is 0. The zero-order valence-corrected chi connectivity index (χ0v) is 14.6. The van der Waals surface area contributed by atoms with Crippen LogP contribution in [0.2, 0.25) is 0 Å². The summed E-state index contributed by atoms with van der Waals surface area (Å²) in [6.45, 7) is 0. The Morgan fingerprint density at radius 2 is 1.41 bits per heavy atom. The molecule has 0 aliphatic rings. The second kappa shape index (κ2) is 7.26. The molecule has 0 aliphatic heterocycles. The van der Waals surface area contributed by atoms with Gasteiger partial charge in [-0.2, -0.15) is 0 Å². The topological polar surface area (TPSA) is 39.1 Å². The molecule has 27 heavy (non-hydrogen) atoms. The number of pyridine rings is 1. The number of rotatable bonds is 3. The maximum absolute atomic E-state index is 12.8. The van der Waals surface area contributed by atoms with Crippen LogP contribution < -0.4 is 5.56 Å². The van der Waals surface area contributed by atoms with Crippen LogP contribution in [0.3, 0.4) is 0 Å². The van der Waals surface area contributed by atoms with Crippen LogP contribution in [0.1, 0.15) is 10.4 Å². The van der Waals surface area contributed by atoms with E-state index in [1.165, 1.54) is 16.7 Å². The van der Waals surface area contributed by atoms with Gasteiger partial charge in [0.05, 0.1) is 5.52 Å². The Kier molecular flexibility index (Phi) is 4.50. The lowest BCUT2D eigenvalue weighted by Gasteiger charge is -2.11. The first kappa shape index (κ1) is 16.7. The standard InChI is InChI=1S/C24H17NO2/c26-23(16-15-18-9-3-1-4-10-18)25-22-14-8-7-13-20(22)21(17-24(25)27)19-11-5-2-6-12-19/h1-17H. The second-order valence-electron chi connectivity index (χ2n) is 6.20. The molecule has 130 valence electrons. The number of benzene rings is 3. The number of allylic oxidation sites excluding steroid dienone is 1. The molecule has 1 aromatic heterocycles. The fraction of sp³-hybridized carbons (Fsp3) is 0. The van der Waals surface area contributed by atoms with Crippen LogP contribution in [0.15, 0.2) is 102 Å². The Morgan fingerprint density at radius 3 is 2.15 bits per heavy atom.